The number of nitro benzene ring substituents is 1. The smallest absolute Gasteiger partial charge is 0.263 e. The van der Waals surface area contributed by atoms with E-state index in [1.54, 1.807) is 37.3 Å². The number of hydrogen-bond acceptors (Lipinski definition) is 6. The summed E-state index contributed by atoms with van der Waals surface area (Å²) in [7, 11) is -4.24. The molecule has 0 aliphatic carbocycles. The van der Waals surface area contributed by atoms with E-state index < -0.39 is 26.7 Å². The first kappa shape index (κ1) is 18.7. The lowest BCUT2D eigenvalue weighted by atomic mass is 10.1. The van der Waals surface area contributed by atoms with E-state index in [-0.39, 0.29) is 16.3 Å². The van der Waals surface area contributed by atoms with Crippen molar-refractivity contribution in [1.29, 1.82) is 0 Å². The molecule has 1 unspecified atom stereocenters. The van der Waals surface area contributed by atoms with Crippen LogP contribution in [0.1, 0.15) is 28.8 Å². The van der Waals surface area contributed by atoms with Crippen molar-refractivity contribution in [3.63, 3.8) is 0 Å². The Labute approximate surface area is 155 Å². The Kier molecular flexibility index (Phi) is 5.02. The standard InChI is InChI=1S/C17H17N5O4S/c1-11-7-6-10-14(22(23)24)16(11)27(25,26)21-15(13-8-4-3-5-9-13)17-18-12(2)19-20-17/h3-10,15,21H,1-2H3,(H,18,19,20). The van der Waals surface area contributed by atoms with E-state index in [9.17, 15) is 18.5 Å². The molecule has 10 heteroatoms. The number of nitrogens with zero attached hydrogens (tertiary/aromatic N) is 3. The summed E-state index contributed by atoms with van der Waals surface area (Å²) < 4.78 is 28.6. The Morgan fingerprint density at radius 1 is 1.11 bits per heavy atom. The van der Waals surface area contributed by atoms with Gasteiger partial charge in [0.25, 0.3) is 5.69 Å². The molecule has 0 fully saturated rings. The van der Waals surface area contributed by atoms with Crippen LogP contribution in [0.3, 0.4) is 0 Å². The number of nitrogens with one attached hydrogen (secondary N) is 2. The van der Waals surface area contributed by atoms with Crippen LogP contribution in [-0.2, 0) is 10.0 Å². The average molecular weight is 387 g/mol. The molecule has 140 valence electrons. The maximum Gasteiger partial charge on any atom is 0.289 e. The molecule has 0 saturated carbocycles. The second-order valence-electron chi connectivity index (χ2n) is 5.92. The van der Waals surface area contributed by atoms with Crippen LogP contribution in [0.2, 0.25) is 0 Å². The summed E-state index contributed by atoms with van der Waals surface area (Å²) in [6, 6.07) is 12.0. The highest BCUT2D eigenvalue weighted by atomic mass is 32.2. The lowest BCUT2D eigenvalue weighted by Gasteiger charge is -2.17. The summed E-state index contributed by atoms with van der Waals surface area (Å²) in [5, 5.41) is 18.1. The molecule has 0 bridgehead atoms. The first-order valence-electron chi connectivity index (χ1n) is 8.00. The fourth-order valence-electron chi connectivity index (χ4n) is 2.75. The summed E-state index contributed by atoms with van der Waals surface area (Å²) >= 11 is 0. The third kappa shape index (κ3) is 3.86. The predicted molar refractivity (Wildman–Crippen MR) is 97.6 cm³/mol. The van der Waals surface area contributed by atoms with Crippen molar-refractivity contribution in [3.8, 4) is 0 Å². The maximum absolute atomic E-state index is 13.1. The molecule has 0 amide bonds. The largest absolute Gasteiger partial charge is 0.289 e. The van der Waals surface area contributed by atoms with Crippen molar-refractivity contribution in [2.75, 3.05) is 0 Å². The zero-order valence-electron chi connectivity index (χ0n) is 14.6. The maximum atomic E-state index is 13.1. The monoisotopic (exact) mass is 387 g/mol. The molecule has 0 aliphatic heterocycles. The quantitative estimate of drug-likeness (QED) is 0.493. The van der Waals surface area contributed by atoms with E-state index in [0.29, 0.717) is 11.4 Å². The lowest BCUT2D eigenvalue weighted by Crippen LogP contribution is -2.31. The first-order valence-corrected chi connectivity index (χ1v) is 9.48. The van der Waals surface area contributed by atoms with E-state index >= 15 is 0 Å². The van der Waals surface area contributed by atoms with Gasteiger partial charge in [-0.05, 0) is 25.0 Å². The van der Waals surface area contributed by atoms with Gasteiger partial charge in [-0.2, -0.15) is 9.82 Å². The van der Waals surface area contributed by atoms with Crippen LogP contribution in [-0.4, -0.2) is 28.5 Å². The Hall–Kier alpha value is -3.11. The van der Waals surface area contributed by atoms with Crippen LogP contribution >= 0.6 is 0 Å². The highest BCUT2D eigenvalue weighted by Gasteiger charge is 2.32. The lowest BCUT2D eigenvalue weighted by molar-refractivity contribution is -0.387. The average Bonchev–Trinajstić information content (AvgIpc) is 3.06. The predicted octanol–water partition coefficient (Wildman–Crippen LogP) is 2.40. The van der Waals surface area contributed by atoms with Gasteiger partial charge in [-0.15, -0.1) is 0 Å². The van der Waals surface area contributed by atoms with Crippen LogP contribution < -0.4 is 4.72 Å². The number of aryl methyl sites for hydroxylation is 2. The number of hydrogen-bond donors (Lipinski definition) is 2. The molecule has 0 aliphatic rings. The fourth-order valence-corrected chi connectivity index (χ4v) is 4.33. The van der Waals surface area contributed by atoms with Crippen LogP contribution in [0.5, 0.6) is 0 Å². The number of rotatable bonds is 6. The number of H-pyrrole nitrogens is 1. The normalized spacial score (nSPS) is 12.7. The molecule has 2 N–H and O–H groups in total. The molecule has 0 radical (unpaired) electrons. The van der Waals surface area contributed by atoms with Crippen LogP contribution in [0, 0.1) is 24.0 Å². The van der Waals surface area contributed by atoms with Gasteiger partial charge in [0.2, 0.25) is 10.0 Å². The number of nitro groups is 1. The van der Waals surface area contributed by atoms with Crippen molar-refractivity contribution >= 4 is 15.7 Å². The van der Waals surface area contributed by atoms with Gasteiger partial charge in [-0.25, -0.2) is 13.4 Å². The Bertz CT molecular complexity index is 1080. The summed E-state index contributed by atoms with van der Waals surface area (Å²) in [6.45, 7) is 3.20. The third-order valence-electron chi connectivity index (χ3n) is 3.94. The van der Waals surface area contributed by atoms with E-state index in [1.807, 2.05) is 0 Å². The third-order valence-corrected chi connectivity index (χ3v) is 5.55. The zero-order valence-corrected chi connectivity index (χ0v) is 15.4. The SMILES string of the molecule is Cc1nc(C(NS(=O)(=O)c2c(C)cccc2[N+](=O)[O-])c2ccccc2)n[nH]1. The number of benzene rings is 2. The van der Waals surface area contributed by atoms with Gasteiger partial charge in [0.15, 0.2) is 10.7 Å². The highest BCUT2D eigenvalue weighted by Crippen LogP contribution is 2.29. The zero-order chi connectivity index (χ0) is 19.6. The Balaban J connectivity index is 2.10. The molecule has 27 heavy (non-hydrogen) atoms. The molecule has 0 spiro atoms. The topological polar surface area (TPSA) is 131 Å². The Morgan fingerprint density at radius 3 is 2.41 bits per heavy atom. The molecular weight excluding hydrogens is 370 g/mol. The van der Waals surface area contributed by atoms with Crippen molar-refractivity contribution in [3.05, 3.63) is 81.4 Å². The summed E-state index contributed by atoms with van der Waals surface area (Å²) in [6.07, 6.45) is 0. The van der Waals surface area contributed by atoms with E-state index in [1.165, 1.54) is 19.1 Å². The minimum absolute atomic E-state index is 0.221. The van der Waals surface area contributed by atoms with Gasteiger partial charge in [0.05, 0.1) is 4.92 Å². The molecule has 1 heterocycles. The van der Waals surface area contributed by atoms with E-state index in [2.05, 4.69) is 19.9 Å². The summed E-state index contributed by atoms with van der Waals surface area (Å²) in [5.74, 6) is 0.741. The molecular formula is C17H17N5O4S. The second-order valence-corrected chi connectivity index (χ2v) is 7.58. The molecule has 0 saturated heterocycles. The van der Waals surface area contributed by atoms with Crippen LogP contribution in [0.4, 0.5) is 5.69 Å². The molecule has 1 aromatic heterocycles. The number of aromatic nitrogens is 3. The second kappa shape index (κ2) is 7.25. The van der Waals surface area contributed by atoms with Gasteiger partial charge in [0.1, 0.15) is 11.9 Å². The minimum Gasteiger partial charge on any atom is -0.263 e. The van der Waals surface area contributed by atoms with E-state index in [0.717, 1.165) is 6.07 Å². The fraction of sp³-hybridized carbons (Fsp3) is 0.176. The van der Waals surface area contributed by atoms with Gasteiger partial charge in [-0.1, -0.05) is 42.5 Å². The molecule has 3 rings (SSSR count). The van der Waals surface area contributed by atoms with Crippen LogP contribution in [0.25, 0.3) is 0 Å². The first-order chi connectivity index (χ1) is 12.8. The van der Waals surface area contributed by atoms with Gasteiger partial charge in [0, 0.05) is 6.07 Å². The van der Waals surface area contributed by atoms with Crippen molar-refractivity contribution in [2.45, 2.75) is 24.8 Å². The van der Waals surface area contributed by atoms with Gasteiger partial charge >= 0.3 is 0 Å². The molecule has 9 nitrogen and oxygen atoms in total. The minimum atomic E-state index is -4.24. The molecule has 3 aromatic rings. The van der Waals surface area contributed by atoms with Crippen molar-refractivity contribution in [1.82, 2.24) is 19.9 Å². The number of sulfonamides is 1. The highest BCUT2D eigenvalue weighted by molar-refractivity contribution is 7.89. The summed E-state index contributed by atoms with van der Waals surface area (Å²) in [5.41, 5.74) is 0.395. The van der Waals surface area contributed by atoms with Gasteiger partial charge in [-0.3, -0.25) is 15.2 Å². The number of aromatic amines is 1. The molecule has 1 atom stereocenters. The van der Waals surface area contributed by atoms with Crippen LogP contribution in [0.15, 0.2) is 53.4 Å². The summed E-state index contributed by atoms with van der Waals surface area (Å²) in [4.78, 5) is 14.5. The van der Waals surface area contributed by atoms with Gasteiger partial charge < -0.3 is 0 Å². The van der Waals surface area contributed by atoms with Crippen molar-refractivity contribution in [2.24, 2.45) is 0 Å². The molecule has 2 aromatic carbocycles. The van der Waals surface area contributed by atoms with Crippen molar-refractivity contribution < 1.29 is 13.3 Å². The van der Waals surface area contributed by atoms with E-state index in [4.69, 9.17) is 0 Å². The Morgan fingerprint density at radius 2 is 1.81 bits per heavy atom.